The molecule has 118 valence electrons. The number of rotatable bonds is 8. The van der Waals surface area contributed by atoms with Gasteiger partial charge in [0.1, 0.15) is 0 Å². The average molecular weight is 283 g/mol. The Labute approximate surface area is 124 Å². The first-order chi connectivity index (χ1) is 9.48. The highest BCUT2D eigenvalue weighted by Gasteiger charge is 2.27. The first-order valence-corrected chi connectivity index (χ1v) is 8.37. The SMILES string of the molecule is CCCCC1CCC(C(=O)NCC(C)(C)CCO)CC1. The maximum Gasteiger partial charge on any atom is 0.223 e. The Morgan fingerprint density at radius 1 is 1.25 bits per heavy atom. The van der Waals surface area contributed by atoms with Crippen molar-refractivity contribution >= 4 is 5.91 Å². The molecule has 0 radical (unpaired) electrons. The first kappa shape index (κ1) is 17.5. The summed E-state index contributed by atoms with van der Waals surface area (Å²) in [6, 6.07) is 0. The van der Waals surface area contributed by atoms with E-state index in [4.69, 9.17) is 5.11 Å². The molecular weight excluding hydrogens is 250 g/mol. The van der Waals surface area contributed by atoms with Crippen LogP contribution in [-0.4, -0.2) is 24.2 Å². The minimum Gasteiger partial charge on any atom is -0.396 e. The van der Waals surface area contributed by atoms with Crippen molar-refractivity contribution in [3.05, 3.63) is 0 Å². The molecule has 1 amide bonds. The molecule has 0 aromatic carbocycles. The van der Waals surface area contributed by atoms with Crippen LogP contribution in [0.3, 0.4) is 0 Å². The molecule has 0 aromatic rings. The van der Waals surface area contributed by atoms with Crippen molar-refractivity contribution in [2.24, 2.45) is 17.3 Å². The average Bonchev–Trinajstić information content (AvgIpc) is 2.43. The van der Waals surface area contributed by atoms with E-state index in [1.54, 1.807) is 0 Å². The third kappa shape index (κ3) is 6.25. The van der Waals surface area contributed by atoms with Gasteiger partial charge in [-0.1, -0.05) is 40.0 Å². The lowest BCUT2D eigenvalue weighted by molar-refractivity contribution is -0.126. The second-order valence-corrected chi connectivity index (χ2v) is 7.22. The highest BCUT2D eigenvalue weighted by atomic mass is 16.3. The van der Waals surface area contributed by atoms with Crippen LogP contribution in [0.4, 0.5) is 0 Å². The lowest BCUT2D eigenvalue weighted by Crippen LogP contribution is -2.39. The van der Waals surface area contributed by atoms with Crippen LogP contribution in [0.1, 0.15) is 72.1 Å². The van der Waals surface area contributed by atoms with Crippen molar-refractivity contribution in [1.82, 2.24) is 5.32 Å². The normalized spacial score (nSPS) is 23.6. The molecule has 0 unspecified atom stereocenters. The van der Waals surface area contributed by atoms with Gasteiger partial charge in [0.05, 0.1) is 0 Å². The van der Waals surface area contributed by atoms with Crippen LogP contribution in [0.2, 0.25) is 0 Å². The summed E-state index contributed by atoms with van der Waals surface area (Å²) in [7, 11) is 0. The standard InChI is InChI=1S/C17H33NO2/c1-4-5-6-14-7-9-15(10-8-14)16(20)18-13-17(2,3)11-12-19/h14-15,19H,4-13H2,1-3H3,(H,18,20). The van der Waals surface area contributed by atoms with Crippen LogP contribution < -0.4 is 5.32 Å². The maximum absolute atomic E-state index is 12.2. The van der Waals surface area contributed by atoms with Crippen LogP contribution in [0, 0.1) is 17.3 Å². The fraction of sp³-hybridized carbons (Fsp3) is 0.941. The minimum absolute atomic E-state index is 0.0112. The van der Waals surface area contributed by atoms with E-state index in [0.29, 0.717) is 6.54 Å². The number of nitrogens with one attached hydrogen (secondary N) is 1. The molecule has 0 bridgehead atoms. The van der Waals surface area contributed by atoms with E-state index in [9.17, 15) is 4.79 Å². The Kier molecular flexibility index (Phi) is 7.57. The van der Waals surface area contributed by atoms with Gasteiger partial charge in [0.25, 0.3) is 0 Å². The highest BCUT2D eigenvalue weighted by molar-refractivity contribution is 5.78. The first-order valence-electron chi connectivity index (χ1n) is 8.37. The molecule has 0 atom stereocenters. The zero-order chi connectivity index (χ0) is 15.0. The molecule has 20 heavy (non-hydrogen) atoms. The van der Waals surface area contributed by atoms with E-state index in [0.717, 1.165) is 25.2 Å². The molecule has 0 saturated heterocycles. The van der Waals surface area contributed by atoms with E-state index < -0.39 is 0 Å². The maximum atomic E-state index is 12.2. The quantitative estimate of drug-likeness (QED) is 0.716. The summed E-state index contributed by atoms with van der Waals surface area (Å²) >= 11 is 0. The Balaban J connectivity index is 2.25. The van der Waals surface area contributed by atoms with Gasteiger partial charge < -0.3 is 10.4 Å². The Bertz CT molecular complexity index is 281. The summed E-state index contributed by atoms with van der Waals surface area (Å²) in [6.07, 6.45) is 9.24. The van der Waals surface area contributed by atoms with Crippen LogP contribution in [-0.2, 0) is 4.79 Å². The van der Waals surface area contributed by atoms with E-state index in [1.165, 1.54) is 32.1 Å². The van der Waals surface area contributed by atoms with Gasteiger partial charge in [-0.15, -0.1) is 0 Å². The number of hydrogen-bond acceptors (Lipinski definition) is 2. The molecule has 1 rings (SSSR count). The van der Waals surface area contributed by atoms with Crippen LogP contribution in [0.25, 0.3) is 0 Å². The lowest BCUT2D eigenvalue weighted by atomic mass is 9.79. The van der Waals surface area contributed by atoms with Gasteiger partial charge in [0, 0.05) is 19.1 Å². The summed E-state index contributed by atoms with van der Waals surface area (Å²) in [5.74, 6) is 1.30. The van der Waals surface area contributed by atoms with Gasteiger partial charge in [-0.25, -0.2) is 0 Å². The van der Waals surface area contributed by atoms with Crippen molar-refractivity contribution in [1.29, 1.82) is 0 Å². The number of hydrogen-bond donors (Lipinski definition) is 2. The van der Waals surface area contributed by atoms with Crippen molar-refractivity contribution < 1.29 is 9.90 Å². The summed E-state index contributed by atoms with van der Waals surface area (Å²) in [5, 5.41) is 12.1. The number of aliphatic hydroxyl groups excluding tert-OH is 1. The second kappa shape index (κ2) is 8.66. The Morgan fingerprint density at radius 2 is 1.90 bits per heavy atom. The number of carbonyl (C=O) groups is 1. The molecule has 1 fully saturated rings. The highest BCUT2D eigenvalue weighted by Crippen LogP contribution is 2.32. The molecule has 3 nitrogen and oxygen atoms in total. The molecule has 2 N–H and O–H groups in total. The third-order valence-electron chi connectivity index (χ3n) is 4.71. The predicted molar refractivity (Wildman–Crippen MR) is 83.5 cm³/mol. The monoisotopic (exact) mass is 283 g/mol. The van der Waals surface area contributed by atoms with Crippen LogP contribution in [0.5, 0.6) is 0 Å². The van der Waals surface area contributed by atoms with Crippen LogP contribution >= 0.6 is 0 Å². The largest absolute Gasteiger partial charge is 0.396 e. The molecule has 3 heteroatoms. The predicted octanol–water partition coefficient (Wildman–Crippen LogP) is 3.51. The number of aliphatic hydroxyl groups is 1. The van der Waals surface area contributed by atoms with E-state index in [2.05, 4.69) is 26.1 Å². The van der Waals surface area contributed by atoms with Gasteiger partial charge in [0.2, 0.25) is 5.91 Å². The minimum atomic E-state index is -0.0112. The van der Waals surface area contributed by atoms with Crippen LogP contribution in [0.15, 0.2) is 0 Å². The zero-order valence-corrected chi connectivity index (χ0v) is 13.6. The fourth-order valence-electron chi connectivity index (χ4n) is 3.07. The molecular formula is C17H33NO2. The van der Waals surface area contributed by atoms with Crippen molar-refractivity contribution in [2.75, 3.05) is 13.2 Å². The van der Waals surface area contributed by atoms with Crippen molar-refractivity contribution in [3.63, 3.8) is 0 Å². The van der Waals surface area contributed by atoms with Gasteiger partial charge >= 0.3 is 0 Å². The van der Waals surface area contributed by atoms with E-state index in [1.807, 2.05) is 0 Å². The molecule has 1 aliphatic carbocycles. The topological polar surface area (TPSA) is 49.3 Å². The number of carbonyl (C=O) groups excluding carboxylic acids is 1. The summed E-state index contributed by atoms with van der Waals surface area (Å²) in [5.41, 5.74) is -0.0112. The smallest absolute Gasteiger partial charge is 0.223 e. The Morgan fingerprint density at radius 3 is 2.45 bits per heavy atom. The molecule has 1 saturated carbocycles. The van der Waals surface area contributed by atoms with Gasteiger partial charge in [-0.05, 0) is 43.4 Å². The van der Waals surface area contributed by atoms with Gasteiger partial charge in [0.15, 0.2) is 0 Å². The molecule has 0 aromatic heterocycles. The van der Waals surface area contributed by atoms with Crippen molar-refractivity contribution in [3.8, 4) is 0 Å². The fourth-order valence-corrected chi connectivity index (χ4v) is 3.07. The zero-order valence-electron chi connectivity index (χ0n) is 13.6. The molecule has 1 aliphatic rings. The summed E-state index contributed by atoms with van der Waals surface area (Å²) in [6.45, 7) is 7.27. The Hall–Kier alpha value is -0.570. The third-order valence-corrected chi connectivity index (χ3v) is 4.71. The number of amides is 1. The van der Waals surface area contributed by atoms with E-state index >= 15 is 0 Å². The molecule has 0 heterocycles. The summed E-state index contributed by atoms with van der Waals surface area (Å²) < 4.78 is 0. The molecule has 0 aliphatic heterocycles. The lowest BCUT2D eigenvalue weighted by Gasteiger charge is -2.29. The van der Waals surface area contributed by atoms with E-state index in [-0.39, 0.29) is 23.8 Å². The summed E-state index contributed by atoms with van der Waals surface area (Å²) in [4.78, 5) is 12.2. The van der Waals surface area contributed by atoms with Gasteiger partial charge in [-0.2, -0.15) is 0 Å². The number of unbranched alkanes of at least 4 members (excludes halogenated alkanes) is 1. The molecule has 0 spiro atoms. The van der Waals surface area contributed by atoms with Gasteiger partial charge in [-0.3, -0.25) is 4.79 Å². The van der Waals surface area contributed by atoms with Crippen molar-refractivity contribution in [2.45, 2.75) is 72.1 Å². The second-order valence-electron chi connectivity index (χ2n) is 7.22.